The molecular formula is C7H10N4O4. The molecule has 0 spiro atoms. The maximum absolute atomic E-state index is 11.2. The number of aromatic nitrogens is 2. The van der Waals surface area contributed by atoms with Gasteiger partial charge < -0.3 is 19.8 Å². The van der Waals surface area contributed by atoms with E-state index in [2.05, 4.69) is 20.0 Å². The van der Waals surface area contributed by atoms with E-state index in [1.807, 2.05) is 0 Å². The van der Waals surface area contributed by atoms with Crippen LogP contribution in [-0.2, 0) is 11.3 Å². The first-order chi connectivity index (χ1) is 7.09. The lowest BCUT2D eigenvalue weighted by atomic mass is 10.5. The van der Waals surface area contributed by atoms with E-state index in [0.717, 1.165) is 11.3 Å². The lowest BCUT2D eigenvalue weighted by Gasteiger charge is -2.14. The van der Waals surface area contributed by atoms with Gasteiger partial charge in [-0.2, -0.15) is 4.98 Å². The predicted octanol–water partition coefficient (Wildman–Crippen LogP) is -0.704. The summed E-state index contributed by atoms with van der Waals surface area (Å²) in [5.41, 5.74) is 0. The number of carbonyl (C=O) groups excluding carboxylic acids is 1. The number of aliphatic carboxylic acids is 1. The van der Waals surface area contributed by atoms with E-state index in [1.54, 1.807) is 0 Å². The summed E-state index contributed by atoms with van der Waals surface area (Å²) >= 11 is 0. The number of rotatable bonds is 4. The maximum Gasteiger partial charge on any atom is 0.323 e. The number of carboxylic acid groups (broad SMARTS) is 1. The number of amides is 2. The van der Waals surface area contributed by atoms with Crippen LogP contribution in [0.4, 0.5) is 4.79 Å². The molecule has 0 aromatic carbocycles. The van der Waals surface area contributed by atoms with Gasteiger partial charge in [0.05, 0.1) is 6.54 Å². The maximum atomic E-state index is 11.2. The monoisotopic (exact) mass is 214 g/mol. The summed E-state index contributed by atoms with van der Waals surface area (Å²) in [5.74, 6) is -0.751. The molecule has 0 fully saturated rings. The second-order valence-electron chi connectivity index (χ2n) is 2.76. The average Bonchev–Trinajstić information content (AvgIpc) is 2.65. The molecule has 82 valence electrons. The Labute approximate surface area is 84.9 Å². The minimum absolute atomic E-state index is 0.0965. The first-order valence-corrected chi connectivity index (χ1v) is 4.05. The molecule has 1 aromatic rings. The number of urea groups is 1. The van der Waals surface area contributed by atoms with Crippen LogP contribution in [0.2, 0.25) is 0 Å². The van der Waals surface area contributed by atoms with Crippen LogP contribution < -0.4 is 5.32 Å². The van der Waals surface area contributed by atoms with Crippen LogP contribution in [0.5, 0.6) is 0 Å². The van der Waals surface area contributed by atoms with Crippen LogP contribution in [0.25, 0.3) is 0 Å². The Bertz CT molecular complexity index is 337. The second-order valence-corrected chi connectivity index (χ2v) is 2.76. The largest absolute Gasteiger partial charge is 0.480 e. The Hall–Kier alpha value is -2.12. The zero-order valence-corrected chi connectivity index (χ0v) is 8.01. The van der Waals surface area contributed by atoms with Crippen molar-refractivity contribution in [2.75, 3.05) is 13.6 Å². The lowest BCUT2D eigenvalue weighted by molar-refractivity contribution is -0.137. The van der Waals surface area contributed by atoms with Gasteiger partial charge in [-0.1, -0.05) is 5.16 Å². The van der Waals surface area contributed by atoms with Gasteiger partial charge in [-0.25, -0.2) is 4.79 Å². The summed E-state index contributed by atoms with van der Waals surface area (Å²) in [6.07, 6.45) is 1.14. The van der Waals surface area contributed by atoms with E-state index in [0.29, 0.717) is 5.82 Å². The quantitative estimate of drug-likeness (QED) is 0.685. The second kappa shape index (κ2) is 4.94. The fourth-order valence-corrected chi connectivity index (χ4v) is 0.835. The highest BCUT2D eigenvalue weighted by atomic mass is 16.5. The minimum atomic E-state index is -1.08. The van der Waals surface area contributed by atoms with Crippen molar-refractivity contribution in [3.05, 3.63) is 12.2 Å². The first-order valence-electron chi connectivity index (χ1n) is 4.05. The number of hydrogen-bond acceptors (Lipinski definition) is 5. The van der Waals surface area contributed by atoms with Crippen LogP contribution in [0.15, 0.2) is 10.9 Å². The molecule has 0 aliphatic carbocycles. The number of carbonyl (C=O) groups is 2. The van der Waals surface area contributed by atoms with Crippen LogP contribution in [0.3, 0.4) is 0 Å². The molecule has 2 amide bonds. The van der Waals surface area contributed by atoms with Gasteiger partial charge in [0.25, 0.3) is 0 Å². The van der Waals surface area contributed by atoms with Crippen molar-refractivity contribution in [3.63, 3.8) is 0 Å². The van der Waals surface area contributed by atoms with Crippen LogP contribution in [0.1, 0.15) is 5.82 Å². The smallest absolute Gasteiger partial charge is 0.323 e. The van der Waals surface area contributed by atoms with Gasteiger partial charge in [-0.3, -0.25) is 4.79 Å². The van der Waals surface area contributed by atoms with E-state index >= 15 is 0 Å². The SMILES string of the molecule is CN(CC(=O)O)C(=O)NCc1ncon1. The highest BCUT2D eigenvalue weighted by Crippen LogP contribution is 1.89. The molecule has 1 heterocycles. The molecule has 0 aliphatic heterocycles. The van der Waals surface area contributed by atoms with E-state index in [4.69, 9.17) is 5.11 Å². The summed E-state index contributed by atoms with van der Waals surface area (Å²) in [6.45, 7) is -0.266. The van der Waals surface area contributed by atoms with Crippen molar-refractivity contribution in [1.82, 2.24) is 20.4 Å². The minimum Gasteiger partial charge on any atom is -0.480 e. The third kappa shape index (κ3) is 3.63. The van der Waals surface area contributed by atoms with Gasteiger partial charge in [-0.15, -0.1) is 0 Å². The van der Waals surface area contributed by atoms with Crippen molar-refractivity contribution in [1.29, 1.82) is 0 Å². The molecule has 15 heavy (non-hydrogen) atoms. The molecule has 0 saturated heterocycles. The Morgan fingerprint density at radius 2 is 2.40 bits per heavy atom. The number of carboxylic acids is 1. The normalized spacial score (nSPS) is 9.67. The molecule has 2 N–H and O–H groups in total. The van der Waals surface area contributed by atoms with Crippen LogP contribution in [-0.4, -0.2) is 45.7 Å². The summed E-state index contributed by atoms with van der Waals surface area (Å²) in [6, 6.07) is -0.512. The predicted molar refractivity (Wildman–Crippen MR) is 46.8 cm³/mol. The molecule has 0 radical (unpaired) electrons. The van der Waals surface area contributed by atoms with Crippen molar-refractivity contribution >= 4 is 12.0 Å². The summed E-state index contributed by atoms with van der Waals surface area (Å²) in [4.78, 5) is 26.2. The number of hydrogen-bond donors (Lipinski definition) is 2. The molecule has 8 nitrogen and oxygen atoms in total. The van der Waals surface area contributed by atoms with Crippen molar-refractivity contribution in [3.8, 4) is 0 Å². The molecule has 1 rings (SSSR count). The van der Waals surface area contributed by atoms with Crippen molar-refractivity contribution in [2.24, 2.45) is 0 Å². The molecule has 0 aliphatic rings. The molecular weight excluding hydrogens is 204 g/mol. The Morgan fingerprint density at radius 1 is 1.67 bits per heavy atom. The lowest BCUT2D eigenvalue weighted by Crippen LogP contribution is -2.39. The molecule has 0 atom stereocenters. The van der Waals surface area contributed by atoms with Gasteiger partial charge >= 0.3 is 12.0 Å². The Kier molecular flexibility index (Phi) is 3.61. The van der Waals surface area contributed by atoms with Crippen LogP contribution >= 0.6 is 0 Å². The number of likely N-dealkylation sites (N-methyl/N-ethyl adjacent to an activating group) is 1. The molecule has 0 bridgehead atoms. The van der Waals surface area contributed by atoms with E-state index in [1.165, 1.54) is 7.05 Å². The number of nitrogens with zero attached hydrogens (tertiary/aromatic N) is 3. The van der Waals surface area contributed by atoms with E-state index < -0.39 is 12.0 Å². The first kappa shape index (κ1) is 11.0. The zero-order chi connectivity index (χ0) is 11.3. The van der Waals surface area contributed by atoms with Gasteiger partial charge in [0.1, 0.15) is 6.54 Å². The zero-order valence-electron chi connectivity index (χ0n) is 8.01. The Morgan fingerprint density at radius 3 is 2.93 bits per heavy atom. The highest BCUT2D eigenvalue weighted by molar-refractivity contribution is 5.79. The summed E-state index contributed by atoms with van der Waals surface area (Å²) in [7, 11) is 1.37. The molecule has 0 saturated carbocycles. The standard InChI is InChI=1S/C7H10N4O4/c1-11(3-6(12)13)7(14)8-2-5-9-4-15-10-5/h4H,2-3H2,1H3,(H,8,14)(H,12,13). The third-order valence-electron chi connectivity index (χ3n) is 1.52. The van der Waals surface area contributed by atoms with Gasteiger partial charge in [0, 0.05) is 7.05 Å². The van der Waals surface area contributed by atoms with Gasteiger partial charge in [0.15, 0.2) is 5.82 Å². The van der Waals surface area contributed by atoms with Crippen molar-refractivity contribution in [2.45, 2.75) is 6.54 Å². The summed E-state index contributed by atoms with van der Waals surface area (Å²) in [5, 5.41) is 14.3. The van der Waals surface area contributed by atoms with Gasteiger partial charge in [0.2, 0.25) is 6.39 Å². The van der Waals surface area contributed by atoms with E-state index in [-0.39, 0.29) is 13.1 Å². The third-order valence-corrected chi connectivity index (χ3v) is 1.52. The fourth-order valence-electron chi connectivity index (χ4n) is 0.835. The molecule has 0 unspecified atom stereocenters. The average molecular weight is 214 g/mol. The van der Waals surface area contributed by atoms with E-state index in [9.17, 15) is 9.59 Å². The molecule has 8 heteroatoms. The number of nitrogens with one attached hydrogen (secondary N) is 1. The van der Waals surface area contributed by atoms with Gasteiger partial charge in [-0.05, 0) is 0 Å². The topological polar surface area (TPSA) is 109 Å². The van der Waals surface area contributed by atoms with Crippen molar-refractivity contribution < 1.29 is 19.2 Å². The fraction of sp³-hybridized carbons (Fsp3) is 0.429. The molecule has 1 aromatic heterocycles. The highest BCUT2D eigenvalue weighted by Gasteiger charge is 2.11. The summed E-state index contributed by atoms with van der Waals surface area (Å²) < 4.78 is 4.45. The van der Waals surface area contributed by atoms with Crippen LogP contribution in [0, 0.1) is 0 Å². The Balaban J connectivity index is 2.32.